The molecule has 0 aliphatic heterocycles. The Morgan fingerprint density at radius 3 is 2.62 bits per heavy atom. The second kappa shape index (κ2) is 3.74. The minimum absolute atomic E-state index is 0.0451. The van der Waals surface area contributed by atoms with E-state index in [-0.39, 0.29) is 11.2 Å². The normalized spacial score (nSPS) is 12.5. The fraction of sp³-hybridized carbons (Fsp3) is 0.500. The van der Waals surface area contributed by atoms with Gasteiger partial charge in [0.05, 0.1) is 11.7 Å². The molecule has 1 unspecified atom stereocenters. The van der Waals surface area contributed by atoms with E-state index < -0.39 is 0 Å². The van der Waals surface area contributed by atoms with E-state index in [1.54, 1.807) is 0 Å². The number of aryl methyl sites for hydroxylation is 2. The number of nitrogens with one attached hydrogen (secondary N) is 1. The van der Waals surface area contributed by atoms with Crippen LogP contribution in [0.25, 0.3) is 0 Å². The predicted octanol–water partition coefficient (Wildman–Crippen LogP) is 1.19. The summed E-state index contributed by atoms with van der Waals surface area (Å²) in [5.41, 5.74) is 7.26. The Kier molecular flexibility index (Phi) is 2.87. The van der Waals surface area contributed by atoms with Crippen LogP contribution in [0.1, 0.15) is 30.0 Å². The van der Waals surface area contributed by atoms with Crippen LogP contribution < -0.4 is 11.1 Å². The highest BCUT2D eigenvalue weighted by Crippen LogP contribution is 2.20. The Hall–Kier alpha value is -1.10. The molecule has 0 saturated heterocycles. The van der Waals surface area contributed by atoms with Crippen molar-refractivity contribution < 1.29 is 4.52 Å². The molecule has 1 aromatic rings. The van der Waals surface area contributed by atoms with Crippen molar-refractivity contribution in [2.45, 2.75) is 26.8 Å². The van der Waals surface area contributed by atoms with Crippen molar-refractivity contribution in [1.29, 1.82) is 0 Å². The van der Waals surface area contributed by atoms with Crippen LogP contribution in [0.3, 0.4) is 0 Å². The second-order valence-electron chi connectivity index (χ2n) is 2.97. The van der Waals surface area contributed by atoms with Crippen LogP contribution in [0.2, 0.25) is 0 Å². The fourth-order valence-corrected chi connectivity index (χ4v) is 1.57. The zero-order chi connectivity index (χ0) is 10.0. The predicted molar refractivity (Wildman–Crippen MR) is 54.3 cm³/mol. The van der Waals surface area contributed by atoms with Crippen LogP contribution in [0, 0.1) is 13.8 Å². The lowest BCUT2D eigenvalue weighted by Gasteiger charge is -2.12. The molecule has 4 nitrogen and oxygen atoms in total. The molecule has 1 heterocycles. The monoisotopic (exact) mass is 199 g/mol. The molecular formula is C8H13N3OS. The molecule has 0 fully saturated rings. The molecule has 0 aliphatic rings. The van der Waals surface area contributed by atoms with Gasteiger partial charge in [-0.25, -0.2) is 0 Å². The zero-order valence-corrected chi connectivity index (χ0v) is 8.73. The van der Waals surface area contributed by atoms with Crippen molar-refractivity contribution in [3.05, 3.63) is 17.0 Å². The van der Waals surface area contributed by atoms with E-state index >= 15 is 0 Å². The summed E-state index contributed by atoms with van der Waals surface area (Å²) in [5.74, 6) is 0.800. The van der Waals surface area contributed by atoms with Crippen LogP contribution in [-0.2, 0) is 0 Å². The Bertz CT molecular complexity index is 302. The zero-order valence-electron chi connectivity index (χ0n) is 7.92. The number of thiocarbonyl (C=S) groups is 1. The lowest BCUT2D eigenvalue weighted by atomic mass is 10.1. The smallest absolute Gasteiger partial charge is 0.164 e. The molecule has 1 atom stereocenters. The molecule has 0 spiro atoms. The highest BCUT2D eigenvalue weighted by Gasteiger charge is 2.15. The van der Waals surface area contributed by atoms with E-state index in [1.807, 2.05) is 20.8 Å². The maximum absolute atomic E-state index is 5.37. The van der Waals surface area contributed by atoms with Crippen LogP contribution in [0.4, 0.5) is 0 Å². The SMILES string of the molecule is Cc1noc(C)c1C(C)NC(N)=S. The number of hydrogen-bond donors (Lipinski definition) is 2. The minimum Gasteiger partial charge on any atom is -0.376 e. The first kappa shape index (κ1) is 9.98. The van der Waals surface area contributed by atoms with E-state index in [0.717, 1.165) is 17.0 Å². The third kappa shape index (κ3) is 2.18. The molecule has 0 aromatic carbocycles. The van der Waals surface area contributed by atoms with E-state index in [9.17, 15) is 0 Å². The molecule has 1 rings (SSSR count). The van der Waals surface area contributed by atoms with E-state index in [4.69, 9.17) is 22.5 Å². The summed E-state index contributed by atoms with van der Waals surface area (Å²) >= 11 is 4.75. The van der Waals surface area contributed by atoms with Crippen LogP contribution >= 0.6 is 12.2 Å². The standard InChI is InChI=1S/C8H13N3OS/c1-4(10-8(9)13)7-5(2)11-12-6(7)3/h4H,1-3H3,(H3,9,10,13). The first-order valence-electron chi connectivity index (χ1n) is 4.01. The molecule has 0 bridgehead atoms. The molecule has 0 radical (unpaired) electrons. The van der Waals surface area contributed by atoms with Crippen molar-refractivity contribution in [3.8, 4) is 0 Å². The van der Waals surface area contributed by atoms with Gasteiger partial charge in [-0.3, -0.25) is 0 Å². The van der Waals surface area contributed by atoms with E-state index in [2.05, 4.69) is 10.5 Å². The summed E-state index contributed by atoms with van der Waals surface area (Å²) in [6.45, 7) is 5.72. The molecule has 3 N–H and O–H groups in total. The molecule has 13 heavy (non-hydrogen) atoms. The summed E-state index contributed by atoms with van der Waals surface area (Å²) in [6, 6.07) is 0.0451. The summed E-state index contributed by atoms with van der Waals surface area (Å²) < 4.78 is 5.02. The molecule has 0 saturated carbocycles. The van der Waals surface area contributed by atoms with Gasteiger partial charge in [-0.1, -0.05) is 5.16 Å². The van der Waals surface area contributed by atoms with Gasteiger partial charge < -0.3 is 15.6 Å². The topological polar surface area (TPSA) is 64.1 Å². The minimum atomic E-state index is 0.0451. The summed E-state index contributed by atoms with van der Waals surface area (Å²) in [7, 11) is 0. The van der Waals surface area contributed by atoms with Crippen LogP contribution in [0.15, 0.2) is 4.52 Å². The van der Waals surface area contributed by atoms with Gasteiger partial charge >= 0.3 is 0 Å². The molecule has 1 aromatic heterocycles. The molecule has 0 aliphatic carbocycles. The number of nitrogens with two attached hydrogens (primary N) is 1. The van der Waals surface area contributed by atoms with Gasteiger partial charge in [0.15, 0.2) is 5.11 Å². The Morgan fingerprint density at radius 1 is 1.62 bits per heavy atom. The molecule has 72 valence electrons. The van der Waals surface area contributed by atoms with Gasteiger partial charge in [-0.05, 0) is 33.0 Å². The van der Waals surface area contributed by atoms with E-state index in [1.165, 1.54) is 0 Å². The van der Waals surface area contributed by atoms with Crippen LogP contribution in [-0.4, -0.2) is 10.3 Å². The van der Waals surface area contributed by atoms with Crippen molar-refractivity contribution in [1.82, 2.24) is 10.5 Å². The quantitative estimate of drug-likeness (QED) is 0.700. The van der Waals surface area contributed by atoms with Gasteiger partial charge in [0, 0.05) is 5.56 Å². The Morgan fingerprint density at radius 2 is 2.23 bits per heavy atom. The number of aromatic nitrogens is 1. The summed E-state index contributed by atoms with van der Waals surface area (Å²) in [4.78, 5) is 0. The van der Waals surface area contributed by atoms with Gasteiger partial charge in [-0.2, -0.15) is 0 Å². The Balaban J connectivity index is 2.87. The van der Waals surface area contributed by atoms with Gasteiger partial charge in [0.25, 0.3) is 0 Å². The Labute approximate surface area is 82.5 Å². The fourth-order valence-electron chi connectivity index (χ4n) is 1.39. The lowest BCUT2D eigenvalue weighted by Crippen LogP contribution is -2.31. The largest absolute Gasteiger partial charge is 0.376 e. The maximum Gasteiger partial charge on any atom is 0.164 e. The maximum atomic E-state index is 5.37. The average Bonchev–Trinajstić information content (AvgIpc) is 2.29. The highest BCUT2D eigenvalue weighted by atomic mass is 32.1. The molecule has 5 heteroatoms. The molecule has 0 amide bonds. The van der Waals surface area contributed by atoms with Crippen molar-refractivity contribution in [2.24, 2.45) is 5.73 Å². The van der Waals surface area contributed by atoms with Crippen molar-refractivity contribution in [3.63, 3.8) is 0 Å². The lowest BCUT2D eigenvalue weighted by molar-refractivity contribution is 0.391. The van der Waals surface area contributed by atoms with Gasteiger partial charge in [0.2, 0.25) is 0 Å². The number of rotatable bonds is 2. The van der Waals surface area contributed by atoms with Gasteiger partial charge in [0.1, 0.15) is 5.76 Å². The highest BCUT2D eigenvalue weighted by molar-refractivity contribution is 7.80. The van der Waals surface area contributed by atoms with Gasteiger partial charge in [-0.15, -0.1) is 0 Å². The van der Waals surface area contributed by atoms with Crippen molar-refractivity contribution >= 4 is 17.3 Å². The first-order chi connectivity index (χ1) is 6.02. The average molecular weight is 199 g/mol. The summed E-state index contributed by atoms with van der Waals surface area (Å²) in [5, 5.41) is 7.07. The number of hydrogen-bond acceptors (Lipinski definition) is 3. The third-order valence-electron chi connectivity index (χ3n) is 1.88. The first-order valence-corrected chi connectivity index (χ1v) is 4.42. The van der Waals surface area contributed by atoms with E-state index in [0.29, 0.717) is 0 Å². The third-order valence-corrected chi connectivity index (χ3v) is 2.00. The van der Waals surface area contributed by atoms with Crippen LogP contribution in [0.5, 0.6) is 0 Å². The summed E-state index contributed by atoms with van der Waals surface area (Å²) in [6.07, 6.45) is 0. The second-order valence-corrected chi connectivity index (χ2v) is 3.41. The number of nitrogens with zero attached hydrogens (tertiary/aromatic N) is 1. The van der Waals surface area contributed by atoms with Crippen molar-refractivity contribution in [2.75, 3.05) is 0 Å². The molecular weight excluding hydrogens is 186 g/mol.